The minimum absolute atomic E-state index is 0.282. The van der Waals surface area contributed by atoms with Crippen molar-refractivity contribution < 1.29 is 8.42 Å². The first-order valence-corrected chi connectivity index (χ1v) is 10.6. The Labute approximate surface area is 130 Å². The van der Waals surface area contributed by atoms with E-state index in [0.29, 0.717) is 11.8 Å². The summed E-state index contributed by atoms with van der Waals surface area (Å²) in [5, 5.41) is 3.46. The van der Waals surface area contributed by atoms with Crippen LogP contribution in [0.5, 0.6) is 0 Å². The second kappa shape index (κ2) is 8.49. The summed E-state index contributed by atoms with van der Waals surface area (Å²) in [6.45, 7) is 6.19. The molecule has 2 aliphatic heterocycles. The SMILES string of the molecule is CCS(=O)(=O)CCCN1CCCCCC1C1CCNCC1. The number of hydrogen-bond donors (Lipinski definition) is 1. The fourth-order valence-electron chi connectivity index (χ4n) is 3.87. The van der Waals surface area contributed by atoms with Gasteiger partial charge in [-0.1, -0.05) is 19.8 Å². The van der Waals surface area contributed by atoms with E-state index in [9.17, 15) is 8.42 Å². The number of likely N-dealkylation sites (tertiary alicyclic amines) is 1. The third kappa shape index (κ3) is 5.53. The molecule has 2 heterocycles. The van der Waals surface area contributed by atoms with E-state index in [1.54, 1.807) is 6.92 Å². The monoisotopic (exact) mass is 316 g/mol. The van der Waals surface area contributed by atoms with Gasteiger partial charge in [0.05, 0.1) is 5.75 Å². The van der Waals surface area contributed by atoms with Crippen LogP contribution in [0.3, 0.4) is 0 Å². The molecule has 0 saturated carbocycles. The second-order valence-electron chi connectivity index (χ2n) is 6.63. The molecule has 1 atom stereocenters. The zero-order chi connectivity index (χ0) is 15.1. The quantitative estimate of drug-likeness (QED) is 0.815. The van der Waals surface area contributed by atoms with Gasteiger partial charge in [0.25, 0.3) is 0 Å². The lowest BCUT2D eigenvalue weighted by Crippen LogP contribution is -2.45. The van der Waals surface area contributed by atoms with Gasteiger partial charge in [-0.05, 0) is 64.2 Å². The van der Waals surface area contributed by atoms with E-state index in [0.717, 1.165) is 32.0 Å². The Morgan fingerprint density at radius 2 is 1.86 bits per heavy atom. The van der Waals surface area contributed by atoms with Crippen LogP contribution in [0, 0.1) is 5.92 Å². The summed E-state index contributed by atoms with van der Waals surface area (Å²) >= 11 is 0. The molecule has 0 spiro atoms. The van der Waals surface area contributed by atoms with E-state index < -0.39 is 9.84 Å². The number of rotatable bonds is 6. The third-order valence-electron chi connectivity index (χ3n) is 5.18. The standard InChI is InChI=1S/C16H32N2O2S/c1-2-21(19,20)14-6-13-18-12-5-3-4-7-16(18)15-8-10-17-11-9-15/h15-17H,2-14H2,1H3. The van der Waals surface area contributed by atoms with Crippen molar-refractivity contribution in [2.24, 2.45) is 5.92 Å². The van der Waals surface area contributed by atoms with Gasteiger partial charge in [0, 0.05) is 11.8 Å². The fraction of sp³-hybridized carbons (Fsp3) is 1.00. The topological polar surface area (TPSA) is 49.4 Å². The van der Waals surface area contributed by atoms with E-state index >= 15 is 0 Å². The first-order valence-electron chi connectivity index (χ1n) is 8.77. The van der Waals surface area contributed by atoms with Crippen LogP contribution in [-0.2, 0) is 9.84 Å². The van der Waals surface area contributed by atoms with Gasteiger partial charge in [-0.15, -0.1) is 0 Å². The van der Waals surface area contributed by atoms with Gasteiger partial charge in [0.1, 0.15) is 9.84 Å². The van der Waals surface area contributed by atoms with Crippen LogP contribution in [0.4, 0.5) is 0 Å². The highest BCUT2D eigenvalue weighted by Crippen LogP contribution is 2.28. The Balaban J connectivity index is 1.89. The van der Waals surface area contributed by atoms with Crippen LogP contribution in [0.25, 0.3) is 0 Å². The smallest absolute Gasteiger partial charge is 0.150 e. The molecule has 5 heteroatoms. The van der Waals surface area contributed by atoms with Crippen LogP contribution in [0.15, 0.2) is 0 Å². The highest BCUT2D eigenvalue weighted by molar-refractivity contribution is 7.91. The summed E-state index contributed by atoms with van der Waals surface area (Å²) in [5.74, 6) is 1.45. The van der Waals surface area contributed by atoms with Gasteiger partial charge < -0.3 is 10.2 Å². The summed E-state index contributed by atoms with van der Waals surface area (Å²) in [4.78, 5) is 2.62. The minimum atomic E-state index is -2.81. The molecule has 0 radical (unpaired) electrons. The summed E-state index contributed by atoms with van der Waals surface area (Å²) in [6, 6.07) is 0.693. The molecule has 1 N–H and O–H groups in total. The van der Waals surface area contributed by atoms with Crippen molar-refractivity contribution in [2.45, 2.75) is 57.9 Å². The van der Waals surface area contributed by atoms with Crippen LogP contribution >= 0.6 is 0 Å². The van der Waals surface area contributed by atoms with Crippen molar-refractivity contribution in [2.75, 3.05) is 37.7 Å². The lowest BCUT2D eigenvalue weighted by atomic mass is 9.87. The van der Waals surface area contributed by atoms with Gasteiger partial charge in [-0.25, -0.2) is 8.42 Å². The summed E-state index contributed by atoms with van der Waals surface area (Å²) in [5.41, 5.74) is 0. The largest absolute Gasteiger partial charge is 0.317 e. The van der Waals surface area contributed by atoms with Crippen molar-refractivity contribution in [3.8, 4) is 0 Å². The predicted octanol–water partition coefficient (Wildman–Crippen LogP) is 2.06. The second-order valence-corrected chi connectivity index (χ2v) is 9.10. The molecular weight excluding hydrogens is 284 g/mol. The Morgan fingerprint density at radius 3 is 2.57 bits per heavy atom. The van der Waals surface area contributed by atoms with Crippen molar-refractivity contribution in [1.29, 1.82) is 0 Å². The zero-order valence-electron chi connectivity index (χ0n) is 13.5. The maximum atomic E-state index is 11.7. The first-order chi connectivity index (χ1) is 10.1. The highest BCUT2D eigenvalue weighted by Gasteiger charge is 2.29. The van der Waals surface area contributed by atoms with Crippen molar-refractivity contribution >= 4 is 9.84 Å². The van der Waals surface area contributed by atoms with Crippen LogP contribution < -0.4 is 5.32 Å². The van der Waals surface area contributed by atoms with Gasteiger partial charge in [-0.2, -0.15) is 0 Å². The van der Waals surface area contributed by atoms with Gasteiger partial charge >= 0.3 is 0 Å². The summed E-state index contributed by atoms with van der Waals surface area (Å²) in [6.07, 6.45) is 8.65. The Bertz CT molecular complexity index is 391. The van der Waals surface area contributed by atoms with Crippen molar-refractivity contribution in [1.82, 2.24) is 10.2 Å². The van der Waals surface area contributed by atoms with E-state index in [1.807, 2.05) is 0 Å². The molecule has 0 aliphatic carbocycles. The Hall–Kier alpha value is -0.130. The molecule has 124 valence electrons. The number of hydrogen-bond acceptors (Lipinski definition) is 4. The van der Waals surface area contributed by atoms with E-state index in [4.69, 9.17) is 0 Å². The number of nitrogens with zero attached hydrogens (tertiary/aromatic N) is 1. The molecule has 2 fully saturated rings. The molecule has 2 saturated heterocycles. The highest BCUT2D eigenvalue weighted by atomic mass is 32.2. The van der Waals surface area contributed by atoms with Crippen molar-refractivity contribution in [3.63, 3.8) is 0 Å². The molecule has 2 rings (SSSR count). The average molecular weight is 317 g/mol. The zero-order valence-corrected chi connectivity index (χ0v) is 14.3. The molecule has 0 aromatic heterocycles. The van der Waals surface area contributed by atoms with Gasteiger partial charge in [0.15, 0.2) is 0 Å². The number of sulfone groups is 1. The molecule has 21 heavy (non-hydrogen) atoms. The molecule has 0 bridgehead atoms. The number of nitrogens with one attached hydrogen (secondary N) is 1. The molecule has 0 aromatic carbocycles. The van der Waals surface area contributed by atoms with E-state index in [2.05, 4.69) is 10.2 Å². The molecular formula is C16H32N2O2S. The summed E-state index contributed by atoms with van der Waals surface area (Å²) < 4.78 is 23.3. The predicted molar refractivity (Wildman–Crippen MR) is 88.4 cm³/mol. The Kier molecular flexibility index (Phi) is 6.96. The maximum absolute atomic E-state index is 11.7. The molecule has 0 amide bonds. The van der Waals surface area contributed by atoms with Crippen molar-refractivity contribution in [3.05, 3.63) is 0 Å². The maximum Gasteiger partial charge on any atom is 0.150 e. The van der Waals surface area contributed by atoms with Gasteiger partial charge in [-0.3, -0.25) is 0 Å². The average Bonchev–Trinajstić information content (AvgIpc) is 2.73. The van der Waals surface area contributed by atoms with Crippen LogP contribution in [0.1, 0.15) is 51.9 Å². The third-order valence-corrected chi connectivity index (χ3v) is 6.97. The molecule has 1 unspecified atom stereocenters. The van der Waals surface area contributed by atoms with Crippen LogP contribution in [0.2, 0.25) is 0 Å². The first kappa shape index (κ1) is 17.2. The molecule has 0 aromatic rings. The molecule has 2 aliphatic rings. The molecule has 4 nitrogen and oxygen atoms in total. The fourth-order valence-corrected chi connectivity index (χ4v) is 4.72. The lowest BCUT2D eigenvalue weighted by Gasteiger charge is -2.38. The summed E-state index contributed by atoms with van der Waals surface area (Å²) in [7, 11) is -2.81. The number of piperidine rings is 1. The van der Waals surface area contributed by atoms with E-state index in [1.165, 1.54) is 45.1 Å². The van der Waals surface area contributed by atoms with E-state index in [-0.39, 0.29) is 5.75 Å². The minimum Gasteiger partial charge on any atom is -0.317 e. The lowest BCUT2D eigenvalue weighted by molar-refractivity contribution is 0.122. The van der Waals surface area contributed by atoms with Crippen LogP contribution in [-0.4, -0.2) is 57.0 Å². The van der Waals surface area contributed by atoms with Gasteiger partial charge in [0.2, 0.25) is 0 Å². The Morgan fingerprint density at radius 1 is 1.10 bits per heavy atom. The normalized spacial score (nSPS) is 26.6.